The van der Waals surface area contributed by atoms with Crippen LogP contribution in [0.4, 0.5) is 0 Å². The predicted molar refractivity (Wildman–Crippen MR) is 49.3 cm³/mol. The Morgan fingerprint density at radius 3 is 3.07 bits per heavy atom. The molecule has 0 spiro atoms. The SMILES string of the molecule is CCOC(=O)C1NC2CC(=C=O)C1C2. The van der Waals surface area contributed by atoms with Crippen molar-refractivity contribution in [1.29, 1.82) is 0 Å². The molecule has 3 atom stereocenters. The molecule has 0 radical (unpaired) electrons. The number of rotatable bonds is 2. The van der Waals surface area contributed by atoms with E-state index in [2.05, 4.69) is 5.32 Å². The van der Waals surface area contributed by atoms with Gasteiger partial charge in [0.2, 0.25) is 0 Å². The number of carbonyl (C=O) groups excluding carboxylic acids is 2. The Morgan fingerprint density at radius 2 is 2.50 bits per heavy atom. The Labute approximate surface area is 82.3 Å². The lowest BCUT2D eigenvalue weighted by Crippen LogP contribution is -2.43. The highest BCUT2D eigenvalue weighted by Gasteiger charge is 2.47. The van der Waals surface area contributed by atoms with E-state index in [1.807, 2.05) is 5.94 Å². The van der Waals surface area contributed by atoms with Gasteiger partial charge in [0.1, 0.15) is 12.0 Å². The standard InChI is InChI=1S/C10H13NO3/c1-2-14-10(13)9-8-4-7(11-9)3-6(8)5-12/h7-9,11H,2-4H2,1H3. The summed E-state index contributed by atoms with van der Waals surface area (Å²) in [5.74, 6) is 1.72. The largest absolute Gasteiger partial charge is 0.465 e. The first-order valence-corrected chi connectivity index (χ1v) is 4.92. The smallest absolute Gasteiger partial charge is 0.323 e. The fraction of sp³-hybridized carbons (Fsp3) is 0.700. The summed E-state index contributed by atoms with van der Waals surface area (Å²) in [5.41, 5.74) is 0.742. The molecule has 76 valence electrons. The van der Waals surface area contributed by atoms with Crippen LogP contribution in [0.5, 0.6) is 0 Å². The number of hydrogen-bond acceptors (Lipinski definition) is 4. The molecule has 0 aromatic rings. The fourth-order valence-electron chi connectivity index (χ4n) is 2.36. The van der Waals surface area contributed by atoms with Crippen molar-refractivity contribution in [3.63, 3.8) is 0 Å². The van der Waals surface area contributed by atoms with Crippen LogP contribution in [0.15, 0.2) is 5.57 Å². The molecular weight excluding hydrogens is 182 g/mol. The topological polar surface area (TPSA) is 55.4 Å². The average Bonchev–Trinajstić information content (AvgIpc) is 2.76. The molecule has 2 aliphatic rings. The summed E-state index contributed by atoms with van der Waals surface area (Å²) < 4.78 is 4.93. The van der Waals surface area contributed by atoms with Crippen molar-refractivity contribution < 1.29 is 14.3 Å². The summed E-state index contributed by atoms with van der Waals surface area (Å²) in [6, 6.07) is -0.0454. The Morgan fingerprint density at radius 1 is 1.71 bits per heavy atom. The van der Waals surface area contributed by atoms with Gasteiger partial charge in [-0.25, -0.2) is 4.79 Å². The van der Waals surface area contributed by atoms with Gasteiger partial charge < -0.3 is 10.1 Å². The molecule has 1 saturated carbocycles. The molecule has 1 aliphatic heterocycles. The van der Waals surface area contributed by atoms with Gasteiger partial charge in [-0.2, -0.15) is 0 Å². The van der Waals surface area contributed by atoms with Gasteiger partial charge in [-0.1, -0.05) is 0 Å². The zero-order valence-corrected chi connectivity index (χ0v) is 8.08. The lowest BCUT2D eigenvalue weighted by atomic mass is 9.96. The van der Waals surface area contributed by atoms with Crippen LogP contribution >= 0.6 is 0 Å². The first kappa shape index (κ1) is 9.44. The number of hydrogen-bond donors (Lipinski definition) is 1. The van der Waals surface area contributed by atoms with Crippen molar-refractivity contribution in [2.24, 2.45) is 5.92 Å². The van der Waals surface area contributed by atoms with E-state index >= 15 is 0 Å². The molecule has 1 N–H and O–H groups in total. The van der Waals surface area contributed by atoms with Gasteiger partial charge in [-0.15, -0.1) is 0 Å². The average molecular weight is 195 g/mol. The second kappa shape index (κ2) is 3.56. The summed E-state index contributed by atoms with van der Waals surface area (Å²) in [7, 11) is 0. The molecule has 1 aliphatic carbocycles. The summed E-state index contributed by atoms with van der Waals surface area (Å²) in [4.78, 5) is 22.0. The molecule has 4 heteroatoms. The highest BCUT2D eigenvalue weighted by molar-refractivity contribution is 5.79. The molecule has 2 fully saturated rings. The third-order valence-electron chi connectivity index (χ3n) is 2.94. The Hall–Kier alpha value is -1.12. The van der Waals surface area contributed by atoms with Gasteiger partial charge in [0.15, 0.2) is 0 Å². The number of carbonyl (C=O) groups is 1. The van der Waals surface area contributed by atoms with Crippen LogP contribution < -0.4 is 5.32 Å². The van der Waals surface area contributed by atoms with E-state index in [0.717, 1.165) is 18.4 Å². The number of fused-ring (bicyclic) bond motifs is 2. The molecular formula is C10H13NO3. The van der Waals surface area contributed by atoms with Gasteiger partial charge in [0, 0.05) is 17.5 Å². The summed E-state index contributed by atoms with van der Waals surface area (Å²) in [6.45, 7) is 2.16. The van der Waals surface area contributed by atoms with Crippen molar-refractivity contribution in [1.82, 2.24) is 5.32 Å². The summed E-state index contributed by atoms with van der Waals surface area (Å²) in [6.07, 6.45) is 1.61. The second-order valence-electron chi connectivity index (χ2n) is 3.77. The molecule has 1 saturated heterocycles. The van der Waals surface area contributed by atoms with Crippen molar-refractivity contribution in [3.8, 4) is 0 Å². The van der Waals surface area contributed by atoms with Crippen LogP contribution in [0, 0.1) is 5.92 Å². The molecule has 0 amide bonds. The number of piperidine rings is 1. The number of nitrogens with one attached hydrogen (secondary N) is 1. The van der Waals surface area contributed by atoms with E-state index in [4.69, 9.17) is 4.74 Å². The summed E-state index contributed by atoms with van der Waals surface area (Å²) >= 11 is 0. The zero-order chi connectivity index (χ0) is 10.1. The maximum Gasteiger partial charge on any atom is 0.323 e. The number of ether oxygens (including phenoxy) is 1. The first-order valence-electron chi connectivity index (χ1n) is 4.92. The molecule has 2 rings (SSSR count). The third-order valence-corrected chi connectivity index (χ3v) is 2.94. The fourth-order valence-corrected chi connectivity index (χ4v) is 2.36. The summed E-state index contributed by atoms with van der Waals surface area (Å²) in [5, 5.41) is 3.16. The van der Waals surface area contributed by atoms with Crippen LogP contribution in [0.25, 0.3) is 0 Å². The van der Waals surface area contributed by atoms with E-state index in [1.54, 1.807) is 6.92 Å². The molecule has 2 bridgehead atoms. The lowest BCUT2D eigenvalue weighted by molar-refractivity contribution is -0.146. The van der Waals surface area contributed by atoms with Crippen molar-refractivity contribution in [3.05, 3.63) is 5.57 Å². The van der Waals surface area contributed by atoms with Crippen molar-refractivity contribution in [2.45, 2.75) is 31.8 Å². The van der Waals surface area contributed by atoms with E-state index in [1.165, 1.54) is 0 Å². The zero-order valence-electron chi connectivity index (χ0n) is 8.08. The predicted octanol–water partition coefficient (Wildman–Crippen LogP) is 0.0579. The Kier molecular flexibility index (Phi) is 2.40. The minimum absolute atomic E-state index is 0.0246. The maximum absolute atomic E-state index is 11.5. The van der Waals surface area contributed by atoms with E-state index in [9.17, 15) is 9.59 Å². The third kappa shape index (κ3) is 1.37. The van der Waals surface area contributed by atoms with Gasteiger partial charge in [0.25, 0.3) is 0 Å². The highest BCUT2D eigenvalue weighted by Crippen LogP contribution is 2.38. The molecule has 0 aromatic heterocycles. The lowest BCUT2D eigenvalue weighted by Gasteiger charge is -2.21. The van der Waals surface area contributed by atoms with Gasteiger partial charge in [0.05, 0.1) is 6.61 Å². The molecule has 14 heavy (non-hydrogen) atoms. The Balaban J connectivity index is 2.10. The van der Waals surface area contributed by atoms with E-state index in [-0.39, 0.29) is 24.0 Å². The molecule has 4 nitrogen and oxygen atoms in total. The highest BCUT2D eigenvalue weighted by atomic mass is 16.5. The van der Waals surface area contributed by atoms with Crippen molar-refractivity contribution >= 4 is 11.9 Å². The minimum atomic E-state index is -0.315. The van der Waals surface area contributed by atoms with E-state index < -0.39 is 0 Å². The second-order valence-corrected chi connectivity index (χ2v) is 3.77. The van der Waals surface area contributed by atoms with Crippen LogP contribution in [0.1, 0.15) is 19.8 Å². The molecule has 0 aromatic carbocycles. The van der Waals surface area contributed by atoms with Gasteiger partial charge in [-0.3, -0.25) is 4.79 Å². The molecule has 3 unspecified atom stereocenters. The first-order chi connectivity index (χ1) is 6.76. The number of esters is 1. The van der Waals surface area contributed by atoms with E-state index in [0.29, 0.717) is 6.61 Å². The van der Waals surface area contributed by atoms with Crippen molar-refractivity contribution in [2.75, 3.05) is 6.61 Å². The van der Waals surface area contributed by atoms with Crippen LogP contribution in [0.2, 0.25) is 0 Å². The van der Waals surface area contributed by atoms with Gasteiger partial charge >= 0.3 is 5.97 Å². The molecule has 1 heterocycles. The van der Waals surface area contributed by atoms with Crippen LogP contribution in [-0.4, -0.2) is 30.6 Å². The van der Waals surface area contributed by atoms with Gasteiger partial charge in [-0.05, 0) is 19.8 Å². The quantitative estimate of drug-likeness (QED) is 0.500. The monoisotopic (exact) mass is 195 g/mol. The minimum Gasteiger partial charge on any atom is -0.465 e. The van der Waals surface area contributed by atoms with Crippen LogP contribution in [-0.2, 0) is 14.3 Å². The van der Waals surface area contributed by atoms with Crippen LogP contribution in [0.3, 0.4) is 0 Å². The normalized spacial score (nSPS) is 34.4. The Bertz CT molecular complexity index is 306. The maximum atomic E-state index is 11.5.